The molecule has 0 atom stereocenters. The van der Waals surface area contributed by atoms with Crippen LogP contribution < -0.4 is 16.4 Å². The molecule has 0 radical (unpaired) electrons. The van der Waals surface area contributed by atoms with Crippen LogP contribution in [-0.2, 0) is 0 Å². The zero-order valence-electron chi connectivity index (χ0n) is 16.3. The third-order valence-electron chi connectivity index (χ3n) is 5.87. The number of hydrogen-bond donors (Lipinski definition) is 3. The zero-order chi connectivity index (χ0) is 19.8. The number of halogens is 1. The summed E-state index contributed by atoms with van der Waals surface area (Å²) >= 11 is 6.17. The van der Waals surface area contributed by atoms with Gasteiger partial charge in [-0.3, -0.25) is 4.57 Å². The fraction of sp³-hybridized carbons (Fsp3) is 0.476. The molecule has 0 unspecified atom stereocenters. The van der Waals surface area contributed by atoms with E-state index in [1.807, 2.05) is 30.5 Å². The highest BCUT2D eigenvalue weighted by Gasteiger charge is 2.26. The van der Waals surface area contributed by atoms with Gasteiger partial charge in [-0.1, -0.05) is 17.7 Å². The summed E-state index contributed by atoms with van der Waals surface area (Å²) in [6.07, 6.45) is 8.47. The lowest BCUT2D eigenvalue weighted by atomic mass is 9.91. The molecule has 0 spiro atoms. The van der Waals surface area contributed by atoms with Crippen LogP contribution in [0.3, 0.4) is 0 Å². The van der Waals surface area contributed by atoms with Crippen LogP contribution in [0, 0.1) is 5.92 Å². The number of nitrogens with zero attached hydrogens (tertiary/aromatic N) is 4. The van der Waals surface area contributed by atoms with Gasteiger partial charge in [0, 0.05) is 29.3 Å². The molecular weight excluding hydrogens is 386 g/mol. The summed E-state index contributed by atoms with van der Waals surface area (Å²) in [7, 11) is 0. The molecule has 2 heterocycles. The molecule has 0 bridgehead atoms. The largest absolute Gasteiger partial charge is 0.354 e. The van der Waals surface area contributed by atoms with Crippen LogP contribution in [0.1, 0.15) is 44.6 Å². The standard InChI is InChI=1S/C21H26ClN7/c22-14-2-1-3-16(10-14)26-21-27-18-12-25-20(24-11-13-4-5-13)28-19(18)29(21)17-8-6-15(23)7-9-17/h1-3,10,12-13,15,17H,4-9,11,23H2,(H,26,27)(H,24,25,28). The number of aromatic nitrogens is 4. The first-order valence-corrected chi connectivity index (χ1v) is 10.8. The Kier molecular flexibility index (Phi) is 5.01. The van der Waals surface area contributed by atoms with Crippen molar-refractivity contribution in [2.24, 2.45) is 11.7 Å². The van der Waals surface area contributed by atoms with Crippen LogP contribution in [0.5, 0.6) is 0 Å². The Hall–Kier alpha value is -2.38. The van der Waals surface area contributed by atoms with E-state index in [0.29, 0.717) is 17.0 Å². The number of rotatable bonds is 6. The van der Waals surface area contributed by atoms with Crippen molar-refractivity contribution in [2.75, 3.05) is 17.2 Å². The van der Waals surface area contributed by atoms with Crippen molar-refractivity contribution in [1.29, 1.82) is 0 Å². The van der Waals surface area contributed by atoms with E-state index in [2.05, 4.69) is 20.2 Å². The molecule has 0 aliphatic heterocycles. The quantitative estimate of drug-likeness (QED) is 0.553. The predicted molar refractivity (Wildman–Crippen MR) is 117 cm³/mol. The van der Waals surface area contributed by atoms with Gasteiger partial charge in [0.15, 0.2) is 5.65 Å². The van der Waals surface area contributed by atoms with Gasteiger partial charge >= 0.3 is 0 Å². The molecule has 0 amide bonds. The van der Waals surface area contributed by atoms with Gasteiger partial charge in [-0.05, 0) is 62.6 Å². The Balaban J connectivity index is 1.51. The van der Waals surface area contributed by atoms with E-state index >= 15 is 0 Å². The van der Waals surface area contributed by atoms with Gasteiger partial charge in [-0.25, -0.2) is 9.97 Å². The lowest BCUT2D eigenvalue weighted by Crippen LogP contribution is -2.28. The zero-order valence-corrected chi connectivity index (χ0v) is 17.1. The number of nitrogens with two attached hydrogens (primary N) is 1. The number of benzene rings is 1. The highest BCUT2D eigenvalue weighted by Crippen LogP contribution is 2.35. The smallest absolute Gasteiger partial charge is 0.224 e. The monoisotopic (exact) mass is 411 g/mol. The Morgan fingerprint density at radius 3 is 2.69 bits per heavy atom. The molecule has 1 aromatic carbocycles. The van der Waals surface area contributed by atoms with Crippen molar-refractivity contribution in [3.8, 4) is 0 Å². The average Bonchev–Trinajstić information content (AvgIpc) is 3.48. The fourth-order valence-corrected chi connectivity index (χ4v) is 4.21. The summed E-state index contributed by atoms with van der Waals surface area (Å²) in [5, 5.41) is 7.51. The number of fused-ring (bicyclic) bond motifs is 1. The maximum atomic E-state index is 6.17. The van der Waals surface area contributed by atoms with E-state index < -0.39 is 0 Å². The maximum absolute atomic E-state index is 6.17. The second kappa shape index (κ2) is 7.80. The van der Waals surface area contributed by atoms with E-state index in [4.69, 9.17) is 27.3 Å². The molecular formula is C21H26ClN7. The predicted octanol–water partition coefficient (Wildman–Crippen LogP) is 4.49. The lowest BCUT2D eigenvalue weighted by Gasteiger charge is -2.28. The van der Waals surface area contributed by atoms with Crippen molar-refractivity contribution in [3.05, 3.63) is 35.5 Å². The van der Waals surface area contributed by atoms with E-state index in [-0.39, 0.29) is 6.04 Å². The Labute approximate surface area is 175 Å². The average molecular weight is 412 g/mol. The van der Waals surface area contributed by atoms with Gasteiger partial charge in [-0.2, -0.15) is 4.98 Å². The molecule has 152 valence electrons. The first-order valence-electron chi connectivity index (χ1n) is 10.4. The number of hydrogen-bond acceptors (Lipinski definition) is 6. The SMILES string of the molecule is NC1CCC(n2c(Nc3cccc(Cl)c3)nc3cnc(NCC4CC4)nc32)CC1. The molecule has 2 fully saturated rings. The summed E-state index contributed by atoms with van der Waals surface area (Å²) in [4.78, 5) is 14.1. The van der Waals surface area contributed by atoms with Crippen molar-refractivity contribution in [1.82, 2.24) is 19.5 Å². The first-order chi connectivity index (χ1) is 14.2. The van der Waals surface area contributed by atoms with Crippen LogP contribution in [0.4, 0.5) is 17.6 Å². The third-order valence-corrected chi connectivity index (χ3v) is 6.10. The summed E-state index contributed by atoms with van der Waals surface area (Å²) in [5.41, 5.74) is 8.71. The van der Waals surface area contributed by atoms with E-state index in [0.717, 1.165) is 60.9 Å². The molecule has 2 aliphatic rings. The van der Waals surface area contributed by atoms with Gasteiger partial charge in [-0.15, -0.1) is 0 Å². The Morgan fingerprint density at radius 1 is 1.10 bits per heavy atom. The number of anilines is 3. The van der Waals surface area contributed by atoms with Gasteiger partial charge in [0.05, 0.1) is 6.20 Å². The summed E-state index contributed by atoms with van der Waals surface area (Å²) in [6.45, 7) is 0.936. The molecule has 29 heavy (non-hydrogen) atoms. The van der Waals surface area contributed by atoms with Gasteiger partial charge in [0.25, 0.3) is 0 Å². The van der Waals surface area contributed by atoms with Crippen molar-refractivity contribution >= 4 is 40.3 Å². The molecule has 2 aromatic heterocycles. The second-order valence-corrected chi connectivity index (χ2v) is 8.67. The third kappa shape index (κ3) is 4.16. The minimum Gasteiger partial charge on any atom is -0.354 e. The summed E-state index contributed by atoms with van der Waals surface area (Å²) < 4.78 is 2.23. The van der Waals surface area contributed by atoms with Crippen LogP contribution in [0.2, 0.25) is 5.02 Å². The molecule has 8 heteroatoms. The van der Waals surface area contributed by atoms with E-state index in [1.54, 1.807) is 0 Å². The Morgan fingerprint density at radius 2 is 1.93 bits per heavy atom. The fourth-order valence-electron chi connectivity index (χ4n) is 4.02. The highest BCUT2D eigenvalue weighted by atomic mass is 35.5. The van der Waals surface area contributed by atoms with E-state index in [1.165, 1.54) is 12.8 Å². The van der Waals surface area contributed by atoms with Gasteiger partial charge < -0.3 is 16.4 Å². The molecule has 7 nitrogen and oxygen atoms in total. The topological polar surface area (TPSA) is 93.7 Å². The second-order valence-electron chi connectivity index (χ2n) is 8.24. The first kappa shape index (κ1) is 18.6. The number of imidazole rings is 1. The molecule has 0 saturated heterocycles. The van der Waals surface area contributed by atoms with Crippen LogP contribution in [0.25, 0.3) is 11.2 Å². The minimum absolute atomic E-state index is 0.288. The van der Waals surface area contributed by atoms with Crippen molar-refractivity contribution < 1.29 is 0 Å². The minimum atomic E-state index is 0.288. The van der Waals surface area contributed by atoms with Crippen LogP contribution >= 0.6 is 11.6 Å². The van der Waals surface area contributed by atoms with E-state index in [9.17, 15) is 0 Å². The van der Waals surface area contributed by atoms with Gasteiger partial charge in [0.1, 0.15) is 5.52 Å². The van der Waals surface area contributed by atoms with Crippen molar-refractivity contribution in [3.63, 3.8) is 0 Å². The van der Waals surface area contributed by atoms with Gasteiger partial charge in [0.2, 0.25) is 11.9 Å². The normalized spacial score (nSPS) is 22.0. The summed E-state index contributed by atoms with van der Waals surface area (Å²) in [6, 6.07) is 8.28. The Bertz CT molecular complexity index is 1010. The maximum Gasteiger partial charge on any atom is 0.224 e. The van der Waals surface area contributed by atoms with Crippen LogP contribution in [0.15, 0.2) is 30.5 Å². The summed E-state index contributed by atoms with van der Waals surface area (Å²) in [5.74, 6) is 2.21. The lowest BCUT2D eigenvalue weighted by molar-refractivity contribution is 0.330. The highest BCUT2D eigenvalue weighted by molar-refractivity contribution is 6.30. The molecule has 5 rings (SSSR count). The molecule has 3 aromatic rings. The van der Waals surface area contributed by atoms with Crippen molar-refractivity contribution in [2.45, 2.75) is 50.6 Å². The molecule has 4 N–H and O–H groups in total. The van der Waals surface area contributed by atoms with Crippen LogP contribution in [-0.4, -0.2) is 32.1 Å². The number of nitrogens with one attached hydrogen (secondary N) is 2. The molecule has 2 aliphatic carbocycles. The molecule has 2 saturated carbocycles.